The molecule has 3 rings (SSSR count). The molecule has 0 saturated heterocycles. The summed E-state index contributed by atoms with van der Waals surface area (Å²) in [5.41, 5.74) is 1.05. The van der Waals surface area contributed by atoms with Crippen molar-refractivity contribution in [1.29, 1.82) is 0 Å². The number of nitrogens with zero attached hydrogens (tertiary/aromatic N) is 3. The topological polar surface area (TPSA) is 49.2 Å². The molecular weight excluding hydrogens is 310 g/mol. The summed E-state index contributed by atoms with van der Waals surface area (Å²) in [6.45, 7) is 0.596. The fourth-order valence-electron chi connectivity index (χ4n) is 2.05. The van der Waals surface area contributed by atoms with E-state index >= 15 is 0 Å². The largest absolute Gasteiger partial charge is 0.497 e. The number of hydrogen-bond acceptors (Lipinski definition) is 5. The van der Waals surface area contributed by atoms with Crippen LogP contribution in [0.5, 0.6) is 11.5 Å². The highest BCUT2D eigenvalue weighted by Crippen LogP contribution is 2.20. The first-order valence-corrected chi connectivity index (χ1v) is 8.20. The minimum absolute atomic E-state index is 0.596. The SMILES string of the molecule is COc1ccc(OCCSc2nncn2-c2ccccc2)cc1. The maximum absolute atomic E-state index is 5.72. The monoisotopic (exact) mass is 327 g/mol. The Morgan fingerprint density at radius 2 is 1.74 bits per heavy atom. The van der Waals surface area contributed by atoms with Gasteiger partial charge in [0.25, 0.3) is 0 Å². The van der Waals surface area contributed by atoms with Gasteiger partial charge in [0.05, 0.1) is 13.7 Å². The van der Waals surface area contributed by atoms with Crippen molar-refractivity contribution >= 4 is 11.8 Å². The molecule has 0 saturated carbocycles. The Bertz CT molecular complexity index is 729. The van der Waals surface area contributed by atoms with Gasteiger partial charge in [0, 0.05) is 11.4 Å². The first-order chi connectivity index (χ1) is 11.4. The molecule has 0 atom stereocenters. The standard InChI is InChI=1S/C17H17N3O2S/c1-21-15-7-9-16(10-8-15)22-11-12-23-17-19-18-13-20(17)14-5-3-2-4-6-14/h2-10,13H,11-12H2,1H3. The number of methoxy groups -OCH3 is 1. The zero-order valence-corrected chi connectivity index (χ0v) is 13.6. The van der Waals surface area contributed by atoms with Crippen LogP contribution in [0.2, 0.25) is 0 Å². The smallest absolute Gasteiger partial charge is 0.195 e. The van der Waals surface area contributed by atoms with Crippen LogP contribution in [0.25, 0.3) is 5.69 Å². The van der Waals surface area contributed by atoms with Gasteiger partial charge in [-0.15, -0.1) is 10.2 Å². The van der Waals surface area contributed by atoms with Gasteiger partial charge < -0.3 is 9.47 Å². The number of para-hydroxylation sites is 1. The number of ether oxygens (including phenoxy) is 2. The summed E-state index contributed by atoms with van der Waals surface area (Å²) in [6, 6.07) is 17.6. The predicted molar refractivity (Wildman–Crippen MR) is 90.6 cm³/mol. The van der Waals surface area contributed by atoms with Crippen LogP contribution in [0.15, 0.2) is 66.1 Å². The lowest BCUT2D eigenvalue weighted by Gasteiger charge is -2.08. The number of thioether (sulfide) groups is 1. The van der Waals surface area contributed by atoms with Gasteiger partial charge in [-0.1, -0.05) is 30.0 Å². The molecule has 3 aromatic rings. The van der Waals surface area contributed by atoms with Gasteiger partial charge in [0.2, 0.25) is 0 Å². The molecule has 0 bridgehead atoms. The van der Waals surface area contributed by atoms with Crippen molar-refractivity contribution in [3.05, 3.63) is 60.9 Å². The Morgan fingerprint density at radius 1 is 1.00 bits per heavy atom. The molecule has 0 aliphatic rings. The number of benzene rings is 2. The fourth-order valence-corrected chi connectivity index (χ4v) is 2.80. The molecule has 2 aromatic carbocycles. The molecule has 23 heavy (non-hydrogen) atoms. The van der Waals surface area contributed by atoms with Crippen LogP contribution in [0.3, 0.4) is 0 Å². The first kappa shape index (κ1) is 15.4. The third kappa shape index (κ3) is 4.04. The highest BCUT2D eigenvalue weighted by Gasteiger charge is 2.06. The van der Waals surface area contributed by atoms with Crippen molar-refractivity contribution in [2.75, 3.05) is 19.5 Å². The Hall–Kier alpha value is -2.47. The van der Waals surface area contributed by atoms with E-state index in [9.17, 15) is 0 Å². The quantitative estimate of drug-likeness (QED) is 0.491. The van der Waals surface area contributed by atoms with Crippen molar-refractivity contribution in [3.63, 3.8) is 0 Å². The lowest BCUT2D eigenvalue weighted by molar-refractivity contribution is 0.342. The summed E-state index contributed by atoms with van der Waals surface area (Å²) in [6.07, 6.45) is 1.72. The van der Waals surface area contributed by atoms with Crippen LogP contribution in [0, 0.1) is 0 Å². The first-order valence-electron chi connectivity index (χ1n) is 7.22. The number of aromatic nitrogens is 3. The van der Waals surface area contributed by atoms with Crippen LogP contribution in [-0.4, -0.2) is 34.2 Å². The second kappa shape index (κ2) is 7.69. The average molecular weight is 327 g/mol. The third-order valence-electron chi connectivity index (χ3n) is 3.19. The highest BCUT2D eigenvalue weighted by atomic mass is 32.2. The van der Waals surface area contributed by atoms with Crippen LogP contribution in [-0.2, 0) is 0 Å². The third-order valence-corrected chi connectivity index (χ3v) is 4.10. The van der Waals surface area contributed by atoms with Gasteiger partial charge in [-0.2, -0.15) is 0 Å². The second-order valence-electron chi connectivity index (χ2n) is 4.69. The zero-order chi connectivity index (χ0) is 15.9. The molecule has 1 heterocycles. The molecule has 0 fully saturated rings. The van der Waals surface area contributed by atoms with Gasteiger partial charge >= 0.3 is 0 Å². The normalized spacial score (nSPS) is 10.5. The summed E-state index contributed by atoms with van der Waals surface area (Å²) < 4.78 is 12.8. The summed E-state index contributed by atoms with van der Waals surface area (Å²) in [7, 11) is 1.65. The highest BCUT2D eigenvalue weighted by molar-refractivity contribution is 7.99. The predicted octanol–water partition coefficient (Wildman–Crippen LogP) is 3.45. The molecule has 0 aliphatic heterocycles. The van der Waals surface area contributed by atoms with Crippen molar-refractivity contribution in [3.8, 4) is 17.2 Å². The van der Waals surface area contributed by atoms with Gasteiger partial charge in [0.1, 0.15) is 17.8 Å². The molecule has 0 radical (unpaired) electrons. The number of hydrogen-bond donors (Lipinski definition) is 0. The molecule has 5 nitrogen and oxygen atoms in total. The molecule has 0 aliphatic carbocycles. The number of rotatable bonds is 7. The van der Waals surface area contributed by atoms with Gasteiger partial charge in [-0.25, -0.2) is 0 Å². The molecule has 6 heteroatoms. The lowest BCUT2D eigenvalue weighted by atomic mass is 10.3. The molecular formula is C17H17N3O2S. The summed E-state index contributed by atoms with van der Waals surface area (Å²) in [4.78, 5) is 0. The maximum Gasteiger partial charge on any atom is 0.195 e. The van der Waals surface area contributed by atoms with Crippen molar-refractivity contribution in [2.45, 2.75) is 5.16 Å². The Morgan fingerprint density at radius 3 is 2.48 bits per heavy atom. The van der Waals surface area contributed by atoms with E-state index in [1.807, 2.05) is 59.2 Å². The molecule has 0 N–H and O–H groups in total. The van der Waals surface area contributed by atoms with E-state index in [2.05, 4.69) is 10.2 Å². The maximum atomic E-state index is 5.72. The van der Waals surface area contributed by atoms with Gasteiger partial charge in [0.15, 0.2) is 5.16 Å². The van der Waals surface area contributed by atoms with E-state index < -0.39 is 0 Å². The second-order valence-corrected chi connectivity index (χ2v) is 5.75. The van der Waals surface area contributed by atoms with Crippen LogP contribution < -0.4 is 9.47 Å². The van der Waals surface area contributed by atoms with Gasteiger partial charge in [-0.3, -0.25) is 4.57 Å². The average Bonchev–Trinajstić information content (AvgIpc) is 3.08. The van der Waals surface area contributed by atoms with Crippen molar-refractivity contribution in [2.24, 2.45) is 0 Å². The Labute approximate surface area is 139 Å². The minimum atomic E-state index is 0.596. The molecule has 0 unspecified atom stereocenters. The minimum Gasteiger partial charge on any atom is -0.497 e. The van der Waals surface area contributed by atoms with E-state index in [1.165, 1.54) is 0 Å². The Balaban J connectivity index is 1.52. The van der Waals surface area contributed by atoms with E-state index in [-0.39, 0.29) is 0 Å². The van der Waals surface area contributed by atoms with E-state index in [0.29, 0.717) is 6.61 Å². The van der Waals surface area contributed by atoms with E-state index in [0.717, 1.165) is 28.1 Å². The summed E-state index contributed by atoms with van der Waals surface area (Å²) in [5.74, 6) is 2.44. The van der Waals surface area contributed by atoms with Crippen LogP contribution in [0.1, 0.15) is 0 Å². The van der Waals surface area contributed by atoms with E-state index in [1.54, 1.807) is 25.2 Å². The summed E-state index contributed by atoms with van der Waals surface area (Å²) in [5, 5.41) is 9.01. The molecule has 0 amide bonds. The van der Waals surface area contributed by atoms with Crippen LogP contribution >= 0.6 is 11.8 Å². The molecule has 0 spiro atoms. The van der Waals surface area contributed by atoms with E-state index in [4.69, 9.17) is 9.47 Å². The summed E-state index contributed by atoms with van der Waals surface area (Å²) >= 11 is 1.62. The fraction of sp³-hybridized carbons (Fsp3) is 0.176. The molecule has 118 valence electrons. The van der Waals surface area contributed by atoms with Crippen molar-refractivity contribution < 1.29 is 9.47 Å². The van der Waals surface area contributed by atoms with Gasteiger partial charge in [-0.05, 0) is 36.4 Å². The lowest BCUT2D eigenvalue weighted by Crippen LogP contribution is -2.02. The Kier molecular flexibility index (Phi) is 5.16. The van der Waals surface area contributed by atoms with Crippen molar-refractivity contribution in [1.82, 2.24) is 14.8 Å². The van der Waals surface area contributed by atoms with Crippen LogP contribution in [0.4, 0.5) is 0 Å². The zero-order valence-electron chi connectivity index (χ0n) is 12.8. The molecule has 1 aromatic heterocycles.